The Morgan fingerprint density at radius 3 is 2.75 bits per heavy atom. The van der Waals surface area contributed by atoms with Crippen LogP contribution in [-0.2, 0) is 11.3 Å². The van der Waals surface area contributed by atoms with Gasteiger partial charge in [-0.05, 0) is 26.0 Å². The van der Waals surface area contributed by atoms with Crippen molar-refractivity contribution in [3.05, 3.63) is 51.3 Å². The third kappa shape index (κ3) is 3.43. The van der Waals surface area contributed by atoms with Crippen LogP contribution in [0.1, 0.15) is 27.6 Å². The van der Waals surface area contributed by atoms with Crippen LogP contribution in [0.2, 0.25) is 10.2 Å². The number of aryl methyl sites for hydroxylation is 2. The molecule has 0 atom stereocenters. The molecule has 0 aliphatic heterocycles. The highest BCUT2D eigenvalue weighted by Gasteiger charge is 2.15. The lowest BCUT2D eigenvalue weighted by atomic mass is 10.2. The molecular weight excluding hydrogens is 301 g/mol. The molecule has 0 aromatic carbocycles. The fourth-order valence-corrected chi connectivity index (χ4v) is 1.89. The molecule has 2 aromatic heterocycles. The number of esters is 1. The molecule has 2 heterocycles. The molecule has 104 valence electrons. The van der Waals surface area contributed by atoms with E-state index in [0.29, 0.717) is 17.2 Å². The van der Waals surface area contributed by atoms with E-state index in [9.17, 15) is 4.79 Å². The summed E-state index contributed by atoms with van der Waals surface area (Å²) in [5, 5.41) is 0.370. The molecule has 0 unspecified atom stereocenters. The van der Waals surface area contributed by atoms with Gasteiger partial charge in [-0.2, -0.15) is 0 Å². The van der Waals surface area contributed by atoms with Crippen molar-refractivity contribution >= 4 is 29.2 Å². The zero-order valence-corrected chi connectivity index (χ0v) is 12.4. The molecule has 0 aliphatic carbocycles. The van der Waals surface area contributed by atoms with Crippen LogP contribution in [0.3, 0.4) is 0 Å². The van der Waals surface area contributed by atoms with Crippen LogP contribution < -0.4 is 0 Å². The van der Waals surface area contributed by atoms with Gasteiger partial charge in [-0.25, -0.2) is 19.7 Å². The number of pyridine rings is 1. The normalized spacial score (nSPS) is 10.4. The lowest BCUT2D eigenvalue weighted by molar-refractivity contribution is 0.0466. The van der Waals surface area contributed by atoms with Crippen molar-refractivity contribution in [2.75, 3.05) is 0 Å². The number of ether oxygens (including phenoxy) is 1. The minimum Gasteiger partial charge on any atom is -0.456 e. The lowest BCUT2D eigenvalue weighted by Gasteiger charge is -2.07. The molecule has 0 saturated heterocycles. The molecule has 0 spiro atoms. The quantitative estimate of drug-likeness (QED) is 0.643. The van der Waals surface area contributed by atoms with Gasteiger partial charge in [-0.1, -0.05) is 23.2 Å². The minimum absolute atomic E-state index is 0.0574. The lowest BCUT2D eigenvalue weighted by Crippen LogP contribution is -2.09. The predicted octanol–water partition coefficient (Wildman–Crippen LogP) is 3.15. The molecule has 2 aromatic rings. The topological polar surface area (TPSA) is 65.0 Å². The average molecular weight is 312 g/mol. The third-order valence-electron chi connectivity index (χ3n) is 2.53. The van der Waals surface area contributed by atoms with Crippen molar-refractivity contribution in [2.24, 2.45) is 0 Å². The smallest absolute Gasteiger partial charge is 0.340 e. The number of hydrogen-bond acceptors (Lipinski definition) is 5. The van der Waals surface area contributed by atoms with E-state index in [4.69, 9.17) is 27.9 Å². The molecule has 20 heavy (non-hydrogen) atoms. The van der Waals surface area contributed by atoms with Gasteiger partial charge in [-0.3, -0.25) is 0 Å². The average Bonchev–Trinajstić information content (AvgIpc) is 2.40. The molecule has 0 saturated carbocycles. The summed E-state index contributed by atoms with van der Waals surface area (Å²) in [5.41, 5.74) is 1.37. The summed E-state index contributed by atoms with van der Waals surface area (Å²) in [6.07, 6.45) is 1.61. The van der Waals surface area contributed by atoms with E-state index in [1.807, 2.05) is 0 Å². The highest BCUT2D eigenvalue weighted by Crippen LogP contribution is 2.22. The third-order valence-corrected chi connectivity index (χ3v) is 3.20. The predicted molar refractivity (Wildman–Crippen MR) is 74.9 cm³/mol. The van der Waals surface area contributed by atoms with Crippen LogP contribution in [0, 0.1) is 13.8 Å². The Labute approximate surface area is 125 Å². The second-order valence-electron chi connectivity index (χ2n) is 4.07. The van der Waals surface area contributed by atoms with Crippen molar-refractivity contribution in [2.45, 2.75) is 20.5 Å². The highest BCUT2D eigenvalue weighted by atomic mass is 35.5. The number of carbonyl (C=O) groups is 1. The number of aromatic nitrogens is 3. The first kappa shape index (κ1) is 14.7. The van der Waals surface area contributed by atoms with Gasteiger partial charge in [0.1, 0.15) is 17.6 Å². The van der Waals surface area contributed by atoms with Crippen LogP contribution in [0.15, 0.2) is 18.3 Å². The first-order valence-electron chi connectivity index (χ1n) is 5.75. The monoisotopic (exact) mass is 311 g/mol. The first-order valence-corrected chi connectivity index (χ1v) is 6.51. The summed E-state index contributed by atoms with van der Waals surface area (Å²) in [4.78, 5) is 24.1. The zero-order valence-electron chi connectivity index (χ0n) is 10.9. The van der Waals surface area contributed by atoms with Crippen LogP contribution >= 0.6 is 23.2 Å². The number of nitrogens with zero attached hydrogens (tertiary/aromatic N) is 3. The highest BCUT2D eigenvalue weighted by molar-refractivity contribution is 6.41. The maximum absolute atomic E-state index is 12.0. The van der Waals surface area contributed by atoms with E-state index >= 15 is 0 Å². The Balaban J connectivity index is 2.11. The molecule has 0 radical (unpaired) electrons. The fourth-order valence-electron chi connectivity index (χ4n) is 1.56. The SMILES string of the molecule is Cc1nccc(COC(=O)c2cc(Cl)c(Cl)nc2C)n1. The molecule has 0 aliphatic rings. The standard InChI is InChI=1S/C13H11Cl2N3O2/c1-7-10(5-11(14)12(15)17-7)13(19)20-6-9-3-4-16-8(2)18-9/h3-5H,6H2,1-2H3. The molecule has 7 heteroatoms. The van der Waals surface area contributed by atoms with E-state index in [1.165, 1.54) is 6.07 Å². The number of halogens is 2. The Kier molecular flexibility index (Phi) is 4.52. The van der Waals surface area contributed by atoms with Crippen molar-refractivity contribution in [1.29, 1.82) is 0 Å². The van der Waals surface area contributed by atoms with Crippen molar-refractivity contribution < 1.29 is 9.53 Å². The summed E-state index contributed by atoms with van der Waals surface area (Å²) >= 11 is 11.6. The molecule has 0 N–H and O–H groups in total. The number of rotatable bonds is 3. The van der Waals surface area contributed by atoms with E-state index in [1.54, 1.807) is 26.1 Å². The maximum Gasteiger partial charge on any atom is 0.340 e. The summed E-state index contributed by atoms with van der Waals surface area (Å²) in [7, 11) is 0. The van der Waals surface area contributed by atoms with Gasteiger partial charge < -0.3 is 4.74 Å². The largest absolute Gasteiger partial charge is 0.456 e. The van der Waals surface area contributed by atoms with Crippen LogP contribution in [0.5, 0.6) is 0 Å². The zero-order chi connectivity index (χ0) is 14.7. The first-order chi connectivity index (χ1) is 9.47. The number of hydrogen-bond donors (Lipinski definition) is 0. The summed E-state index contributed by atoms with van der Waals surface area (Å²) in [5.74, 6) is 0.0933. The van der Waals surface area contributed by atoms with Gasteiger partial charge in [0, 0.05) is 6.20 Å². The summed E-state index contributed by atoms with van der Waals surface area (Å²) in [6, 6.07) is 3.13. The van der Waals surface area contributed by atoms with Crippen molar-refractivity contribution in [3.8, 4) is 0 Å². The molecule has 0 fully saturated rings. The van der Waals surface area contributed by atoms with E-state index in [2.05, 4.69) is 15.0 Å². The molecule has 2 rings (SSSR count). The van der Waals surface area contributed by atoms with Gasteiger partial charge in [-0.15, -0.1) is 0 Å². The summed E-state index contributed by atoms with van der Waals surface area (Å²) in [6.45, 7) is 3.48. The maximum atomic E-state index is 12.0. The Hall–Kier alpha value is -1.72. The minimum atomic E-state index is -0.523. The molecular formula is C13H11Cl2N3O2. The van der Waals surface area contributed by atoms with Gasteiger partial charge in [0.15, 0.2) is 0 Å². The Morgan fingerprint density at radius 2 is 2.05 bits per heavy atom. The summed E-state index contributed by atoms with van der Waals surface area (Å²) < 4.78 is 5.17. The van der Waals surface area contributed by atoms with Gasteiger partial charge >= 0.3 is 5.97 Å². The molecule has 5 nitrogen and oxygen atoms in total. The van der Waals surface area contributed by atoms with Crippen molar-refractivity contribution in [1.82, 2.24) is 15.0 Å². The Bertz CT molecular complexity index is 662. The van der Waals surface area contributed by atoms with Gasteiger partial charge in [0.05, 0.1) is 22.0 Å². The van der Waals surface area contributed by atoms with Gasteiger partial charge in [0.25, 0.3) is 0 Å². The van der Waals surface area contributed by atoms with Crippen LogP contribution in [-0.4, -0.2) is 20.9 Å². The van der Waals surface area contributed by atoms with Crippen LogP contribution in [0.4, 0.5) is 0 Å². The van der Waals surface area contributed by atoms with Gasteiger partial charge in [0.2, 0.25) is 0 Å². The Morgan fingerprint density at radius 1 is 1.30 bits per heavy atom. The van der Waals surface area contributed by atoms with Crippen LogP contribution in [0.25, 0.3) is 0 Å². The fraction of sp³-hybridized carbons (Fsp3) is 0.231. The second kappa shape index (κ2) is 6.15. The molecule has 0 bridgehead atoms. The van der Waals surface area contributed by atoms with E-state index < -0.39 is 5.97 Å². The second-order valence-corrected chi connectivity index (χ2v) is 4.83. The van der Waals surface area contributed by atoms with E-state index in [-0.39, 0.29) is 22.3 Å². The molecule has 0 amide bonds. The van der Waals surface area contributed by atoms with Crippen molar-refractivity contribution in [3.63, 3.8) is 0 Å². The number of carbonyl (C=O) groups excluding carboxylic acids is 1. The van der Waals surface area contributed by atoms with E-state index in [0.717, 1.165) is 0 Å².